The van der Waals surface area contributed by atoms with Gasteiger partial charge in [-0.1, -0.05) is 76.5 Å². The molecule has 0 saturated heterocycles. The minimum atomic E-state index is -4.16. The van der Waals surface area contributed by atoms with E-state index in [1.807, 2.05) is 0 Å². The van der Waals surface area contributed by atoms with Crippen LogP contribution in [-0.2, 0) is 14.9 Å². The van der Waals surface area contributed by atoms with Crippen LogP contribution in [0.3, 0.4) is 0 Å². The molecule has 1 rings (SSSR count). The first-order chi connectivity index (χ1) is 11.1. The Bertz CT molecular complexity index is 543. The molecule has 0 spiro atoms. The van der Waals surface area contributed by atoms with Gasteiger partial charge in [-0.2, -0.15) is 8.42 Å². The van der Waals surface area contributed by atoms with Gasteiger partial charge in [0.05, 0.1) is 0 Å². The summed E-state index contributed by atoms with van der Waals surface area (Å²) in [5.74, 6) is 0.174. The maximum atomic E-state index is 11.8. The normalized spacial score (nSPS) is 10.9. The Morgan fingerprint density at radius 2 is 1.38 bits per heavy atom. The van der Waals surface area contributed by atoms with E-state index in [0.717, 1.165) is 19.3 Å². The molecule has 0 aromatic heterocycles. The van der Waals surface area contributed by atoms with Gasteiger partial charge in [0.1, 0.15) is 5.75 Å². The molecular formula is C18H29NaO4S. The Kier molecular flexibility index (Phi) is 13.7. The van der Waals surface area contributed by atoms with Gasteiger partial charge in [0.25, 0.3) is 5.12 Å². The summed E-state index contributed by atoms with van der Waals surface area (Å²) in [7, 11) is -4.16. The zero-order valence-corrected chi connectivity index (χ0v) is 14.8. The molecule has 132 valence electrons. The van der Waals surface area contributed by atoms with Gasteiger partial charge in [0.15, 0.2) is 0 Å². The molecule has 0 unspecified atom stereocenters. The molecule has 0 aliphatic carbocycles. The van der Waals surface area contributed by atoms with Crippen molar-refractivity contribution < 1.29 is 17.4 Å². The van der Waals surface area contributed by atoms with E-state index < -0.39 is 15.2 Å². The fraction of sp³-hybridized carbons (Fsp3) is 0.611. The van der Waals surface area contributed by atoms with Crippen LogP contribution in [0.5, 0.6) is 5.75 Å². The Balaban J connectivity index is 0.00000529. The summed E-state index contributed by atoms with van der Waals surface area (Å²) in [4.78, 5) is 11.8. The van der Waals surface area contributed by atoms with Crippen LogP contribution in [0, 0.1) is 0 Å². The molecular weight excluding hydrogens is 335 g/mol. The number of hydrogen-bond acceptors (Lipinski definition) is 4. The van der Waals surface area contributed by atoms with Gasteiger partial charge in [-0.25, -0.2) is 0 Å². The first-order valence-corrected chi connectivity index (χ1v) is 9.99. The van der Waals surface area contributed by atoms with Crippen molar-refractivity contribution in [3.8, 4) is 5.75 Å². The van der Waals surface area contributed by atoms with E-state index >= 15 is 0 Å². The first kappa shape index (κ1) is 23.6. The molecule has 0 fully saturated rings. The van der Waals surface area contributed by atoms with E-state index in [-0.39, 0.29) is 41.7 Å². The Morgan fingerprint density at radius 1 is 0.875 bits per heavy atom. The van der Waals surface area contributed by atoms with Crippen LogP contribution in [0.2, 0.25) is 0 Å². The predicted molar refractivity (Wildman–Crippen MR) is 100.0 cm³/mol. The molecule has 0 N–H and O–H groups in total. The van der Waals surface area contributed by atoms with Gasteiger partial charge in [-0.15, -0.1) is 0 Å². The van der Waals surface area contributed by atoms with Gasteiger partial charge in [-0.05, 0) is 18.6 Å². The van der Waals surface area contributed by atoms with Crippen molar-refractivity contribution in [3.63, 3.8) is 0 Å². The zero-order chi connectivity index (χ0) is 17.0. The van der Waals surface area contributed by atoms with Crippen molar-refractivity contribution in [1.82, 2.24) is 0 Å². The van der Waals surface area contributed by atoms with E-state index in [1.54, 1.807) is 18.2 Å². The Hall–Kier alpha value is -0.360. The fourth-order valence-corrected chi connectivity index (χ4v) is 3.21. The molecule has 1 aromatic carbocycles. The topological polar surface area (TPSA) is 60.4 Å². The average molecular weight is 364 g/mol. The third-order valence-corrected chi connectivity index (χ3v) is 4.89. The molecule has 0 bridgehead atoms. The summed E-state index contributed by atoms with van der Waals surface area (Å²) in [6.45, 7) is 2.20. The van der Waals surface area contributed by atoms with Gasteiger partial charge in [0.2, 0.25) is 0 Å². The Morgan fingerprint density at radius 3 is 1.92 bits per heavy atom. The summed E-state index contributed by atoms with van der Waals surface area (Å²) in [6, 6.07) is 8.11. The fourth-order valence-electron chi connectivity index (χ4n) is 2.35. The molecule has 4 nitrogen and oxygen atoms in total. The van der Waals surface area contributed by atoms with Crippen LogP contribution in [-0.4, -0.2) is 43.1 Å². The van der Waals surface area contributed by atoms with Crippen molar-refractivity contribution in [1.29, 1.82) is 0 Å². The van der Waals surface area contributed by atoms with Crippen molar-refractivity contribution in [2.24, 2.45) is 0 Å². The number of hydrogen-bond donors (Lipinski definition) is 0. The molecule has 0 heterocycles. The minimum absolute atomic E-state index is 0. The number of rotatable bonds is 12. The monoisotopic (exact) mass is 364 g/mol. The molecule has 6 heteroatoms. The summed E-state index contributed by atoms with van der Waals surface area (Å²) in [5, 5.41) is -0.829. The summed E-state index contributed by atoms with van der Waals surface area (Å²) in [6.07, 6.45) is 10.1. The predicted octanol–water partition coefficient (Wildman–Crippen LogP) is 4.19. The van der Waals surface area contributed by atoms with Gasteiger partial charge >= 0.3 is 39.7 Å². The summed E-state index contributed by atoms with van der Waals surface area (Å²) < 4.78 is 28.4. The van der Waals surface area contributed by atoms with E-state index in [9.17, 15) is 13.2 Å². The number of para-hydroxylation sites is 1. The van der Waals surface area contributed by atoms with Crippen molar-refractivity contribution >= 4 is 44.8 Å². The quantitative estimate of drug-likeness (QED) is 0.317. The maximum absolute atomic E-state index is 11.8. The van der Waals surface area contributed by atoms with Crippen LogP contribution in [0.25, 0.3) is 0 Å². The average Bonchev–Trinajstić information content (AvgIpc) is 2.53. The van der Waals surface area contributed by atoms with Crippen LogP contribution < -0.4 is 4.18 Å². The third-order valence-electron chi connectivity index (χ3n) is 3.71. The second-order valence-corrected chi connectivity index (χ2v) is 7.33. The molecule has 0 aliphatic heterocycles. The molecule has 0 radical (unpaired) electrons. The second kappa shape index (κ2) is 13.9. The van der Waals surface area contributed by atoms with E-state index in [2.05, 4.69) is 6.92 Å². The zero-order valence-electron chi connectivity index (χ0n) is 14.0. The van der Waals surface area contributed by atoms with Crippen LogP contribution in [0.15, 0.2) is 30.3 Å². The standard InChI is InChI=1S/C18H28O4S.Na.H/c1-2-3-4-5-6-7-8-9-13-16-18(19)23(20,21)22-17-14-11-10-12-15-17;;/h10-12,14-15H,2-9,13,16H2,1H3;;. The molecule has 0 saturated carbocycles. The van der Waals surface area contributed by atoms with Crippen LogP contribution >= 0.6 is 0 Å². The summed E-state index contributed by atoms with van der Waals surface area (Å²) in [5.41, 5.74) is 0. The number of carbonyl (C=O) groups is 1. The van der Waals surface area contributed by atoms with E-state index in [1.165, 1.54) is 44.2 Å². The van der Waals surface area contributed by atoms with Crippen LogP contribution in [0.1, 0.15) is 71.1 Å². The van der Waals surface area contributed by atoms with Crippen LogP contribution in [0.4, 0.5) is 0 Å². The van der Waals surface area contributed by atoms with Crippen molar-refractivity contribution in [2.75, 3.05) is 0 Å². The molecule has 0 amide bonds. The number of carbonyl (C=O) groups excluding carboxylic acids is 1. The van der Waals surface area contributed by atoms with Crippen molar-refractivity contribution in [2.45, 2.75) is 71.1 Å². The molecule has 1 aromatic rings. The van der Waals surface area contributed by atoms with Gasteiger partial charge < -0.3 is 4.18 Å². The summed E-state index contributed by atoms with van der Waals surface area (Å²) >= 11 is 0. The Labute approximate surface area is 168 Å². The second-order valence-electron chi connectivity index (χ2n) is 5.80. The number of benzene rings is 1. The van der Waals surface area contributed by atoms with Gasteiger partial charge in [0, 0.05) is 6.42 Å². The SMILES string of the molecule is CCCCCCCCCCCC(=O)S(=O)(=O)Oc1ccccc1.[NaH]. The van der Waals surface area contributed by atoms with E-state index in [0.29, 0.717) is 6.42 Å². The molecule has 24 heavy (non-hydrogen) atoms. The third kappa shape index (κ3) is 10.5. The molecule has 0 atom stereocenters. The van der Waals surface area contributed by atoms with E-state index in [4.69, 9.17) is 4.18 Å². The van der Waals surface area contributed by atoms with Crippen molar-refractivity contribution in [3.05, 3.63) is 30.3 Å². The number of unbranched alkanes of at least 4 members (excludes halogenated alkanes) is 8. The first-order valence-electron chi connectivity index (χ1n) is 8.58. The van der Waals surface area contributed by atoms with Gasteiger partial charge in [-0.3, -0.25) is 4.79 Å². The molecule has 0 aliphatic rings.